The lowest BCUT2D eigenvalue weighted by Crippen LogP contribution is -2.87. The molecule has 0 saturated carbocycles. The van der Waals surface area contributed by atoms with E-state index in [1.165, 1.54) is 0 Å². The highest BCUT2D eigenvalue weighted by Crippen LogP contribution is 2.38. The molecule has 1 aliphatic heterocycles. The molecule has 0 unspecified atom stereocenters. The van der Waals surface area contributed by atoms with Gasteiger partial charge in [-0.25, -0.2) is 0 Å². The van der Waals surface area contributed by atoms with Crippen LogP contribution in [0, 0.1) is 0 Å². The lowest BCUT2D eigenvalue weighted by molar-refractivity contribution is -0.683. The molecule has 28 heavy (non-hydrogen) atoms. The van der Waals surface area contributed by atoms with E-state index in [1.54, 1.807) is 14.2 Å². The Kier molecular flexibility index (Phi) is 6.81. The van der Waals surface area contributed by atoms with Gasteiger partial charge in [-0.1, -0.05) is 23.7 Å². The number of halogens is 1. The molecular weight excluding hydrogens is 376 g/mol. The Morgan fingerprint density at radius 2 is 1.96 bits per heavy atom. The van der Waals surface area contributed by atoms with Crippen LogP contribution in [0.4, 0.5) is 0 Å². The second kappa shape index (κ2) is 9.30. The topological polar surface area (TPSA) is 55.4 Å². The fourth-order valence-electron chi connectivity index (χ4n) is 3.79. The average molecular weight is 404 g/mol. The zero-order valence-corrected chi connectivity index (χ0v) is 17.4. The molecule has 6 heteroatoms. The van der Waals surface area contributed by atoms with Crippen LogP contribution in [-0.4, -0.2) is 38.1 Å². The molecular formula is C22H28ClN2O3+. The molecule has 1 aliphatic rings. The summed E-state index contributed by atoms with van der Waals surface area (Å²) < 4.78 is 10.9. The summed E-state index contributed by atoms with van der Waals surface area (Å²) in [7, 11) is 3.31. The molecule has 2 aromatic rings. The van der Waals surface area contributed by atoms with Crippen molar-refractivity contribution in [2.45, 2.75) is 31.8 Å². The van der Waals surface area contributed by atoms with Gasteiger partial charge in [0, 0.05) is 22.7 Å². The fourth-order valence-corrected chi connectivity index (χ4v) is 3.91. The van der Waals surface area contributed by atoms with Crippen molar-refractivity contribution in [1.29, 1.82) is 0 Å². The van der Waals surface area contributed by atoms with Crippen LogP contribution in [0.1, 0.15) is 43.0 Å². The van der Waals surface area contributed by atoms with Crippen LogP contribution in [0.5, 0.6) is 11.5 Å². The Balaban J connectivity index is 1.69. The largest absolute Gasteiger partial charge is 0.497 e. The molecule has 1 amide bonds. The minimum absolute atomic E-state index is 0.0248. The predicted octanol–water partition coefficient (Wildman–Crippen LogP) is 3.35. The third-order valence-corrected chi connectivity index (χ3v) is 5.66. The minimum atomic E-state index is 0.0248. The van der Waals surface area contributed by atoms with Crippen molar-refractivity contribution in [3.63, 3.8) is 0 Å². The van der Waals surface area contributed by atoms with Crippen LogP contribution in [-0.2, 0) is 4.79 Å². The highest BCUT2D eigenvalue weighted by molar-refractivity contribution is 6.30. The van der Waals surface area contributed by atoms with Gasteiger partial charge in [0.15, 0.2) is 6.54 Å². The van der Waals surface area contributed by atoms with Crippen LogP contribution in [0.2, 0.25) is 5.02 Å². The number of ether oxygens (including phenoxy) is 2. The predicted molar refractivity (Wildman–Crippen MR) is 110 cm³/mol. The smallest absolute Gasteiger partial charge is 0.278 e. The standard InChI is InChI=1S/C22H27ClN2O3/c1-15(16-6-8-17(23)9-7-16)24-14-22(26)25-12-4-5-20(25)19-13-18(27-2)10-11-21(19)28-3/h6-11,13,15,20,24H,4-5,12,14H2,1-3H3/p+1/t15-,20-/m0/s1. The van der Waals surface area contributed by atoms with Gasteiger partial charge in [-0.3, -0.25) is 4.79 Å². The van der Waals surface area contributed by atoms with E-state index in [0.29, 0.717) is 6.54 Å². The van der Waals surface area contributed by atoms with Crippen LogP contribution in [0.25, 0.3) is 0 Å². The first-order valence-corrected chi connectivity index (χ1v) is 10.0. The third kappa shape index (κ3) is 4.59. The van der Waals surface area contributed by atoms with Crippen LogP contribution >= 0.6 is 11.6 Å². The first-order chi connectivity index (χ1) is 13.5. The lowest BCUT2D eigenvalue weighted by atomic mass is 10.0. The number of hydrogen-bond acceptors (Lipinski definition) is 3. The maximum absolute atomic E-state index is 13.0. The molecule has 2 atom stereocenters. The summed E-state index contributed by atoms with van der Waals surface area (Å²) in [6, 6.07) is 13.8. The molecule has 2 aromatic carbocycles. The quantitative estimate of drug-likeness (QED) is 0.771. The number of hydrogen-bond donors (Lipinski definition) is 1. The fraction of sp³-hybridized carbons (Fsp3) is 0.409. The molecule has 150 valence electrons. The Labute approximate surface area is 171 Å². The van der Waals surface area contributed by atoms with E-state index in [9.17, 15) is 4.79 Å². The van der Waals surface area contributed by atoms with E-state index in [4.69, 9.17) is 21.1 Å². The molecule has 1 saturated heterocycles. The summed E-state index contributed by atoms with van der Waals surface area (Å²) in [6.07, 6.45) is 1.92. The van der Waals surface area contributed by atoms with Crippen molar-refractivity contribution >= 4 is 17.5 Å². The van der Waals surface area contributed by atoms with E-state index in [0.717, 1.165) is 47.0 Å². The Hall–Kier alpha value is -2.24. The Morgan fingerprint density at radius 3 is 2.64 bits per heavy atom. The molecule has 0 radical (unpaired) electrons. The van der Waals surface area contributed by atoms with Crippen molar-refractivity contribution in [2.24, 2.45) is 0 Å². The molecule has 0 aromatic heterocycles. The molecule has 0 aliphatic carbocycles. The molecule has 1 heterocycles. The summed E-state index contributed by atoms with van der Waals surface area (Å²) in [6.45, 7) is 3.28. The molecule has 2 N–H and O–H groups in total. The Morgan fingerprint density at radius 1 is 1.21 bits per heavy atom. The van der Waals surface area contributed by atoms with Crippen molar-refractivity contribution < 1.29 is 19.6 Å². The van der Waals surface area contributed by atoms with Gasteiger partial charge in [0.05, 0.1) is 20.3 Å². The molecule has 1 fully saturated rings. The number of carbonyl (C=O) groups is 1. The van der Waals surface area contributed by atoms with Gasteiger partial charge in [0.2, 0.25) is 0 Å². The zero-order chi connectivity index (χ0) is 20.1. The van der Waals surface area contributed by atoms with E-state index >= 15 is 0 Å². The second-order valence-electron chi connectivity index (χ2n) is 7.13. The van der Waals surface area contributed by atoms with E-state index < -0.39 is 0 Å². The van der Waals surface area contributed by atoms with Gasteiger partial charge in [-0.15, -0.1) is 0 Å². The SMILES string of the molecule is COc1ccc(OC)c([C@@H]2CCCN2C(=O)C[NH2+][C@@H](C)c2ccc(Cl)cc2)c1. The summed E-state index contributed by atoms with van der Waals surface area (Å²) in [5, 5.41) is 2.79. The van der Waals surface area contributed by atoms with Crippen molar-refractivity contribution in [2.75, 3.05) is 27.3 Å². The highest BCUT2D eigenvalue weighted by atomic mass is 35.5. The third-order valence-electron chi connectivity index (χ3n) is 5.41. The normalized spacial score (nSPS) is 17.4. The maximum Gasteiger partial charge on any atom is 0.278 e. The highest BCUT2D eigenvalue weighted by Gasteiger charge is 2.33. The van der Waals surface area contributed by atoms with Crippen LogP contribution in [0.15, 0.2) is 42.5 Å². The van der Waals surface area contributed by atoms with Gasteiger partial charge in [-0.05, 0) is 50.1 Å². The summed E-state index contributed by atoms with van der Waals surface area (Å²) in [5.41, 5.74) is 2.17. The number of rotatable bonds is 7. The number of carbonyl (C=O) groups excluding carboxylic acids is 1. The monoisotopic (exact) mass is 403 g/mol. The zero-order valence-electron chi connectivity index (χ0n) is 16.7. The summed E-state index contributed by atoms with van der Waals surface area (Å²) in [5.74, 6) is 1.72. The number of amides is 1. The lowest BCUT2D eigenvalue weighted by Gasteiger charge is -2.26. The summed E-state index contributed by atoms with van der Waals surface area (Å²) in [4.78, 5) is 14.9. The summed E-state index contributed by atoms with van der Waals surface area (Å²) >= 11 is 5.96. The number of nitrogens with zero attached hydrogens (tertiary/aromatic N) is 1. The molecule has 0 bridgehead atoms. The van der Waals surface area contributed by atoms with Crippen molar-refractivity contribution in [3.8, 4) is 11.5 Å². The number of methoxy groups -OCH3 is 2. The first kappa shape index (κ1) is 20.5. The molecule has 0 spiro atoms. The van der Waals surface area contributed by atoms with Crippen molar-refractivity contribution in [3.05, 3.63) is 58.6 Å². The first-order valence-electron chi connectivity index (χ1n) is 9.63. The maximum atomic E-state index is 13.0. The average Bonchev–Trinajstić information content (AvgIpc) is 3.21. The van der Waals surface area contributed by atoms with E-state index in [1.807, 2.05) is 47.4 Å². The molecule has 3 rings (SSSR count). The second-order valence-corrected chi connectivity index (χ2v) is 7.57. The number of likely N-dealkylation sites (tertiary alicyclic amines) is 1. The van der Waals surface area contributed by atoms with E-state index in [2.05, 4.69) is 12.2 Å². The van der Waals surface area contributed by atoms with Crippen LogP contribution < -0.4 is 14.8 Å². The Bertz CT molecular complexity index is 810. The number of benzene rings is 2. The van der Waals surface area contributed by atoms with Crippen molar-refractivity contribution in [1.82, 2.24) is 4.90 Å². The minimum Gasteiger partial charge on any atom is -0.497 e. The number of nitrogens with two attached hydrogens (primary N) is 1. The van der Waals surface area contributed by atoms with Gasteiger partial charge in [-0.2, -0.15) is 0 Å². The van der Waals surface area contributed by atoms with Gasteiger partial charge >= 0.3 is 0 Å². The van der Waals surface area contributed by atoms with E-state index in [-0.39, 0.29) is 18.0 Å². The number of quaternary nitrogens is 1. The van der Waals surface area contributed by atoms with Gasteiger partial charge in [0.25, 0.3) is 5.91 Å². The van der Waals surface area contributed by atoms with Gasteiger partial charge < -0.3 is 19.7 Å². The van der Waals surface area contributed by atoms with Crippen LogP contribution in [0.3, 0.4) is 0 Å². The van der Waals surface area contributed by atoms with Gasteiger partial charge in [0.1, 0.15) is 17.5 Å². The molecule has 5 nitrogen and oxygen atoms in total.